The molecule has 0 saturated carbocycles. The molecule has 5 rings (SSSR count). The summed E-state index contributed by atoms with van der Waals surface area (Å²) in [5.41, 5.74) is 0.974. The second kappa shape index (κ2) is 8.46. The Morgan fingerprint density at radius 3 is 2.79 bits per heavy atom. The van der Waals surface area contributed by atoms with Gasteiger partial charge < -0.3 is 23.9 Å². The minimum atomic E-state index is -4.60. The minimum Gasteiger partial charge on any atom is -0.495 e. The third-order valence-electron chi connectivity index (χ3n) is 5.99. The van der Waals surface area contributed by atoms with Crippen LogP contribution in [0.2, 0.25) is 0 Å². The van der Waals surface area contributed by atoms with Crippen molar-refractivity contribution in [3.8, 4) is 11.5 Å². The molecule has 2 aliphatic heterocycles. The smallest absolute Gasteiger partial charge is 0.434 e. The van der Waals surface area contributed by atoms with E-state index in [2.05, 4.69) is 14.9 Å². The Balaban J connectivity index is 1.64. The zero-order chi connectivity index (χ0) is 24.0. The highest BCUT2D eigenvalue weighted by molar-refractivity contribution is 5.93. The summed E-state index contributed by atoms with van der Waals surface area (Å²) in [4.78, 5) is 3.83. The molecule has 1 saturated heterocycles. The van der Waals surface area contributed by atoms with Crippen LogP contribution in [0.25, 0.3) is 5.65 Å². The summed E-state index contributed by atoms with van der Waals surface area (Å²) in [6.07, 6.45) is -2.24. The van der Waals surface area contributed by atoms with E-state index in [4.69, 9.17) is 14.2 Å². The maximum atomic E-state index is 13.9. The number of methoxy groups -OCH3 is 1. The number of hydrogen-bond donors (Lipinski definition) is 1. The minimum absolute atomic E-state index is 0.00156. The van der Waals surface area contributed by atoms with Gasteiger partial charge in [-0.1, -0.05) is 0 Å². The van der Waals surface area contributed by atoms with Crippen molar-refractivity contribution in [2.45, 2.75) is 25.2 Å². The molecule has 3 aromatic rings. The van der Waals surface area contributed by atoms with Gasteiger partial charge in [0.05, 0.1) is 19.0 Å². The first-order valence-electron chi connectivity index (χ1n) is 10.8. The lowest BCUT2D eigenvalue weighted by Crippen LogP contribution is -2.44. The molecule has 0 spiro atoms. The summed E-state index contributed by atoms with van der Waals surface area (Å²) in [5.74, 6) is 0.294. The Hall–Kier alpha value is -3.34. The lowest BCUT2D eigenvalue weighted by Gasteiger charge is -2.30. The topological polar surface area (TPSA) is 60.0 Å². The number of ether oxygens (including phenoxy) is 3. The Labute approximate surface area is 192 Å². The molecule has 0 amide bonds. The second-order valence-corrected chi connectivity index (χ2v) is 8.32. The number of hydrogen-bond acceptors (Lipinski definition) is 5. The van der Waals surface area contributed by atoms with Gasteiger partial charge in [0.25, 0.3) is 0 Å². The maximum absolute atomic E-state index is 13.9. The number of imidazole rings is 1. The second-order valence-electron chi connectivity index (χ2n) is 8.32. The Bertz CT molecular complexity index is 1270. The number of nitrogens with zero attached hydrogens (tertiary/aromatic N) is 3. The van der Waals surface area contributed by atoms with Crippen LogP contribution in [0.1, 0.15) is 24.2 Å². The third kappa shape index (κ3) is 4.15. The van der Waals surface area contributed by atoms with Crippen molar-refractivity contribution in [3.05, 3.63) is 53.7 Å². The highest BCUT2D eigenvalue weighted by Crippen LogP contribution is 2.37. The fourth-order valence-corrected chi connectivity index (χ4v) is 4.38. The number of anilines is 1. The Morgan fingerprint density at radius 1 is 1.24 bits per heavy atom. The van der Waals surface area contributed by atoms with Gasteiger partial charge in [-0.2, -0.15) is 13.2 Å². The molecule has 0 unspecified atom stereocenters. The van der Waals surface area contributed by atoms with Gasteiger partial charge in [-0.25, -0.2) is 13.9 Å². The largest absolute Gasteiger partial charge is 0.495 e. The van der Waals surface area contributed by atoms with E-state index in [-0.39, 0.29) is 18.4 Å². The molecule has 1 N–H and O–H groups in total. The van der Waals surface area contributed by atoms with Crippen LogP contribution in [-0.2, 0) is 10.9 Å². The number of nitrogens with one attached hydrogen (secondary N) is 1. The van der Waals surface area contributed by atoms with Crippen LogP contribution in [0.5, 0.6) is 11.5 Å². The molecule has 0 aliphatic carbocycles. The van der Waals surface area contributed by atoms with Crippen molar-refractivity contribution >= 4 is 17.0 Å². The molecule has 1 aromatic carbocycles. The molecule has 180 valence electrons. The van der Waals surface area contributed by atoms with Gasteiger partial charge in [0, 0.05) is 23.9 Å². The predicted octanol–water partition coefficient (Wildman–Crippen LogP) is 3.92. The standard InChI is InChI=1S/C23H23F4N4O3/c1-13-9-30(5-6-33-13)18-12-34-19-7-14(24)3-4-16(19)21(18)28-17-8-15(32-2)10-31-11-20(23(25,26)27)29-22(17)31/h3-4,7-8,10-11,13,21,28H,5-6,9,12H2,1-2H3/q+1/t13-,21+/m1/s1. The number of halogens is 4. The third-order valence-corrected chi connectivity index (χ3v) is 5.99. The normalized spacial score (nSPS) is 22.9. The van der Waals surface area contributed by atoms with E-state index in [0.717, 1.165) is 11.9 Å². The molecular formula is C23H23F4N4O3+. The van der Waals surface area contributed by atoms with Crippen LogP contribution in [0.3, 0.4) is 0 Å². The average Bonchev–Trinajstić information content (AvgIpc) is 3.24. The van der Waals surface area contributed by atoms with Crippen LogP contribution in [0, 0.1) is 5.82 Å². The SMILES string of the molecule is COc1cc(N[C@@H]2C(=[N+]3CCO[C@H](C)C3)COc3cc(F)ccc32)c2nc(C(F)(F)F)cn2c1. The van der Waals surface area contributed by atoms with Crippen LogP contribution in [0.15, 0.2) is 36.7 Å². The number of alkyl halides is 3. The molecule has 2 aliphatic rings. The van der Waals surface area contributed by atoms with Crippen molar-refractivity contribution in [1.82, 2.24) is 9.38 Å². The Kier molecular flexibility index (Phi) is 5.59. The molecular weight excluding hydrogens is 456 g/mol. The van der Waals surface area contributed by atoms with Gasteiger partial charge in [-0.15, -0.1) is 0 Å². The summed E-state index contributed by atoms with van der Waals surface area (Å²) in [7, 11) is 1.44. The number of fused-ring (bicyclic) bond motifs is 2. The van der Waals surface area contributed by atoms with Gasteiger partial charge in [0.2, 0.25) is 5.71 Å². The summed E-state index contributed by atoms with van der Waals surface area (Å²) < 4.78 is 74.3. The number of benzene rings is 1. The van der Waals surface area contributed by atoms with Crippen molar-refractivity contribution in [2.24, 2.45) is 0 Å². The molecule has 34 heavy (non-hydrogen) atoms. The fourth-order valence-electron chi connectivity index (χ4n) is 4.38. The van der Waals surface area contributed by atoms with E-state index in [9.17, 15) is 17.6 Å². The first-order valence-corrected chi connectivity index (χ1v) is 10.8. The van der Waals surface area contributed by atoms with Crippen molar-refractivity contribution in [2.75, 3.05) is 38.7 Å². The lowest BCUT2D eigenvalue weighted by molar-refractivity contribution is -0.560. The quantitative estimate of drug-likeness (QED) is 0.456. The molecule has 11 heteroatoms. The van der Waals surface area contributed by atoms with Crippen molar-refractivity contribution in [3.63, 3.8) is 0 Å². The number of morpholine rings is 1. The lowest BCUT2D eigenvalue weighted by atomic mass is 9.97. The summed E-state index contributed by atoms with van der Waals surface area (Å²) >= 11 is 0. The average molecular weight is 479 g/mol. The van der Waals surface area contributed by atoms with E-state index in [1.165, 1.54) is 29.8 Å². The zero-order valence-corrected chi connectivity index (χ0v) is 18.5. The number of pyridine rings is 1. The maximum Gasteiger partial charge on any atom is 0.434 e. The highest BCUT2D eigenvalue weighted by Gasteiger charge is 2.38. The van der Waals surface area contributed by atoms with Crippen LogP contribution < -0.4 is 14.8 Å². The fraction of sp³-hybridized carbons (Fsp3) is 0.391. The predicted molar refractivity (Wildman–Crippen MR) is 115 cm³/mol. The van der Waals surface area contributed by atoms with Crippen molar-refractivity contribution in [1.29, 1.82) is 0 Å². The van der Waals surface area contributed by atoms with Crippen LogP contribution in [0.4, 0.5) is 23.2 Å². The zero-order valence-electron chi connectivity index (χ0n) is 18.5. The van der Waals surface area contributed by atoms with Gasteiger partial charge in [-0.3, -0.25) is 0 Å². The first kappa shape index (κ1) is 22.5. The van der Waals surface area contributed by atoms with Crippen molar-refractivity contribution < 1.29 is 36.3 Å². The van der Waals surface area contributed by atoms with Gasteiger partial charge >= 0.3 is 6.18 Å². The van der Waals surface area contributed by atoms with E-state index in [1.54, 1.807) is 12.1 Å². The van der Waals surface area contributed by atoms with Gasteiger partial charge in [0.1, 0.15) is 36.1 Å². The highest BCUT2D eigenvalue weighted by atomic mass is 19.4. The number of aromatic nitrogens is 2. The molecule has 7 nitrogen and oxygen atoms in total. The molecule has 2 aromatic heterocycles. The number of rotatable bonds is 3. The van der Waals surface area contributed by atoms with Crippen LogP contribution in [-0.4, -0.2) is 59.2 Å². The summed E-state index contributed by atoms with van der Waals surface area (Å²) in [6.45, 7) is 3.96. The van der Waals surface area contributed by atoms with E-state index in [1.807, 2.05) is 6.92 Å². The molecule has 0 bridgehead atoms. The van der Waals surface area contributed by atoms with Gasteiger partial charge in [0.15, 0.2) is 31.0 Å². The van der Waals surface area contributed by atoms with E-state index >= 15 is 0 Å². The molecule has 1 fully saturated rings. The summed E-state index contributed by atoms with van der Waals surface area (Å²) in [5, 5.41) is 3.35. The molecule has 2 atom stereocenters. The van der Waals surface area contributed by atoms with E-state index in [0.29, 0.717) is 42.4 Å². The monoisotopic (exact) mass is 479 g/mol. The van der Waals surface area contributed by atoms with Crippen LogP contribution >= 0.6 is 0 Å². The first-order chi connectivity index (χ1) is 16.2. The van der Waals surface area contributed by atoms with E-state index < -0.39 is 23.7 Å². The van der Waals surface area contributed by atoms with Gasteiger partial charge in [-0.05, 0) is 19.1 Å². The Morgan fingerprint density at radius 2 is 2.06 bits per heavy atom. The molecule has 0 radical (unpaired) electrons. The summed E-state index contributed by atoms with van der Waals surface area (Å²) in [6, 6.07) is 5.37. The molecule has 4 heterocycles.